The Bertz CT molecular complexity index is 815. The Balaban J connectivity index is 2.29. The van der Waals surface area contributed by atoms with Crippen molar-refractivity contribution < 1.29 is 9.65 Å². The lowest BCUT2D eigenvalue weighted by Crippen LogP contribution is -2.28. The first kappa shape index (κ1) is 12.1. The Kier molecular flexibility index (Phi) is 2.80. The molecule has 3 rings (SSSR count). The number of nitro groups is 1. The van der Waals surface area contributed by atoms with Gasteiger partial charge in [-0.05, 0) is 17.5 Å². The topological polar surface area (TPSA) is 70.1 Å². The van der Waals surface area contributed by atoms with Gasteiger partial charge in [0.05, 0.1) is 4.92 Å². The molecule has 0 radical (unpaired) electrons. The van der Waals surface area contributed by atoms with Crippen molar-refractivity contribution in [3.8, 4) is 11.3 Å². The number of nitrogens with zero attached hydrogens (tertiary/aromatic N) is 2. The molecule has 0 spiro atoms. The molecule has 0 atom stereocenters. The number of para-hydroxylation sites is 1. The van der Waals surface area contributed by atoms with Crippen LogP contribution in [-0.4, -0.2) is 4.92 Å². The summed E-state index contributed by atoms with van der Waals surface area (Å²) in [7, 11) is 0. The van der Waals surface area contributed by atoms with Crippen LogP contribution in [0.2, 0.25) is 0 Å². The SMILES string of the molecule is O=[N+]([O-])c1ccccc1-c1cc2ccccc2c[n+]1[O-]. The van der Waals surface area contributed by atoms with Gasteiger partial charge in [0, 0.05) is 17.5 Å². The molecule has 0 bridgehead atoms. The number of rotatable bonds is 2. The summed E-state index contributed by atoms with van der Waals surface area (Å²) < 4.78 is 0.671. The van der Waals surface area contributed by atoms with Crippen LogP contribution >= 0.6 is 0 Å². The lowest BCUT2D eigenvalue weighted by atomic mass is 10.1. The number of nitro benzene ring substituents is 1. The first-order chi connectivity index (χ1) is 9.66. The molecule has 0 N–H and O–H groups in total. The summed E-state index contributed by atoms with van der Waals surface area (Å²) in [5, 5.41) is 24.8. The Labute approximate surface area is 114 Å². The molecule has 1 aromatic heterocycles. The molecule has 3 aromatic rings. The largest absolute Gasteiger partial charge is 0.618 e. The molecule has 20 heavy (non-hydrogen) atoms. The van der Waals surface area contributed by atoms with Crippen molar-refractivity contribution in [3.05, 3.63) is 76.1 Å². The number of aromatic nitrogens is 1. The first-order valence-corrected chi connectivity index (χ1v) is 6.02. The second kappa shape index (κ2) is 4.62. The highest BCUT2D eigenvalue weighted by Gasteiger charge is 2.20. The van der Waals surface area contributed by atoms with Crippen LogP contribution in [0.4, 0.5) is 5.69 Å². The van der Waals surface area contributed by atoms with Crippen LogP contribution in [0.25, 0.3) is 22.0 Å². The zero-order valence-corrected chi connectivity index (χ0v) is 10.4. The molecule has 0 amide bonds. The van der Waals surface area contributed by atoms with E-state index in [4.69, 9.17) is 0 Å². The third-order valence-corrected chi connectivity index (χ3v) is 3.16. The van der Waals surface area contributed by atoms with Gasteiger partial charge in [0.1, 0.15) is 5.56 Å². The van der Waals surface area contributed by atoms with E-state index in [0.717, 1.165) is 10.8 Å². The van der Waals surface area contributed by atoms with E-state index in [-0.39, 0.29) is 11.4 Å². The molecule has 0 fully saturated rings. The van der Waals surface area contributed by atoms with Crippen LogP contribution in [0.3, 0.4) is 0 Å². The minimum atomic E-state index is -0.482. The molecular formula is C15H10N2O3. The molecule has 0 saturated carbocycles. The van der Waals surface area contributed by atoms with E-state index in [9.17, 15) is 15.3 Å². The monoisotopic (exact) mass is 266 g/mol. The van der Waals surface area contributed by atoms with Gasteiger partial charge in [-0.15, -0.1) is 0 Å². The fraction of sp³-hybridized carbons (Fsp3) is 0. The molecule has 0 aliphatic rings. The van der Waals surface area contributed by atoms with Crippen LogP contribution in [0.15, 0.2) is 60.8 Å². The highest BCUT2D eigenvalue weighted by Crippen LogP contribution is 2.28. The molecule has 2 aromatic carbocycles. The van der Waals surface area contributed by atoms with E-state index in [1.807, 2.05) is 24.3 Å². The maximum Gasteiger partial charge on any atom is 0.283 e. The molecular weight excluding hydrogens is 256 g/mol. The van der Waals surface area contributed by atoms with Crippen LogP contribution in [0, 0.1) is 15.3 Å². The van der Waals surface area contributed by atoms with E-state index in [1.54, 1.807) is 24.3 Å². The van der Waals surface area contributed by atoms with Gasteiger partial charge < -0.3 is 5.21 Å². The van der Waals surface area contributed by atoms with Crippen molar-refractivity contribution in [1.29, 1.82) is 0 Å². The van der Waals surface area contributed by atoms with Crippen LogP contribution in [0.5, 0.6) is 0 Å². The fourth-order valence-corrected chi connectivity index (χ4v) is 2.21. The summed E-state index contributed by atoms with van der Waals surface area (Å²) in [6, 6.07) is 15.3. The maximum absolute atomic E-state index is 12.1. The van der Waals surface area contributed by atoms with Gasteiger partial charge >= 0.3 is 0 Å². The lowest BCUT2D eigenvalue weighted by Gasteiger charge is -2.06. The third-order valence-electron chi connectivity index (χ3n) is 3.16. The summed E-state index contributed by atoms with van der Waals surface area (Å²) >= 11 is 0. The minimum absolute atomic E-state index is 0.0765. The van der Waals surface area contributed by atoms with Gasteiger partial charge in [-0.2, -0.15) is 4.73 Å². The Morgan fingerprint density at radius 3 is 2.35 bits per heavy atom. The van der Waals surface area contributed by atoms with Crippen molar-refractivity contribution in [2.75, 3.05) is 0 Å². The number of benzene rings is 2. The second-order valence-corrected chi connectivity index (χ2v) is 4.39. The molecule has 5 heteroatoms. The van der Waals surface area contributed by atoms with E-state index in [1.165, 1.54) is 12.3 Å². The highest BCUT2D eigenvalue weighted by molar-refractivity contribution is 5.84. The second-order valence-electron chi connectivity index (χ2n) is 4.39. The molecule has 0 aliphatic carbocycles. The Hall–Kier alpha value is -2.95. The summed E-state index contributed by atoms with van der Waals surface area (Å²) in [5.41, 5.74) is 0.515. The lowest BCUT2D eigenvalue weighted by molar-refractivity contribution is -0.592. The van der Waals surface area contributed by atoms with Crippen LogP contribution < -0.4 is 4.73 Å². The highest BCUT2D eigenvalue weighted by atomic mass is 16.6. The molecule has 98 valence electrons. The maximum atomic E-state index is 12.1. The van der Waals surface area contributed by atoms with Crippen molar-refractivity contribution in [2.45, 2.75) is 0 Å². The van der Waals surface area contributed by atoms with Gasteiger partial charge in [-0.3, -0.25) is 10.1 Å². The molecule has 0 unspecified atom stereocenters. The van der Waals surface area contributed by atoms with Gasteiger partial charge in [0.2, 0.25) is 5.69 Å². The predicted molar refractivity (Wildman–Crippen MR) is 75.0 cm³/mol. The average Bonchev–Trinajstić information content (AvgIpc) is 2.46. The van der Waals surface area contributed by atoms with Crippen LogP contribution in [-0.2, 0) is 0 Å². The molecule has 5 nitrogen and oxygen atoms in total. The smallest absolute Gasteiger partial charge is 0.283 e. The molecule has 1 heterocycles. The Morgan fingerprint density at radius 1 is 0.950 bits per heavy atom. The van der Waals surface area contributed by atoms with E-state index in [0.29, 0.717) is 10.3 Å². The summed E-state index contributed by atoms with van der Waals surface area (Å²) in [6.45, 7) is 0. The number of fused-ring (bicyclic) bond motifs is 1. The minimum Gasteiger partial charge on any atom is -0.618 e. The molecule has 0 aliphatic heterocycles. The fourth-order valence-electron chi connectivity index (χ4n) is 2.21. The normalized spacial score (nSPS) is 10.6. The van der Waals surface area contributed by atoms with Gasteiger partial charge in [0.25, 0.3) is 5.69 Å². The average molecular weight is 266 g/mol. The van der Waals surface area contributed by atoms with Crippen LogP contribution in [0.1, 0.15) is 0 Å². The summed E-state index contributed by atoms with van der Waals surface area (Å²) in [5.74, 6) is 0. The molecule has 0 saturated heterocycles. The predicted octanol–water partition coefficient (Wildman–Crippen LogP) is 3.05. The summed E-state index contributed by atoms with van der Waals surface area (Å²) in [4.78, 5) is 10.6. The van der Waals surface area contributed by atoms with Crippen molar-refractivity contribution >= 4 is 16.5 Å². The number of hydrogen-bond donors (Lipinski definition) is 0. The number of pyridine rings is 1. The zero-order chi connectivity index (χ0) is 14.1. The Morgan fingerprint density at radius 2 is 1.60 bits per heavy atom. The van der Waals surface area contributed by atoms with E-state index >= 15 is 0 Å². The van der Waals surface area contributed by atoms with Gasteiger partial charge in [-0.25, -0.2) is 0 Å². The van der Waals surface area contributed by atoms with Crippen molar-refractivity contribution in [1.82, 2.24) is 0 Å². The van der Waals surface area contributed by atoms with Crippen molar-refractivity contribution in [3.63, 3.8) is 0 Å². The third kappa shape index (κ3) is 1.95. The number of hydrogen-bond acceptors (Lipinski definition) is 3. The summed E-state index contributed by atoms with van der Waals surface area (Å²) in [6.07, 6.45) is 1.43. The van der Waals surface area contributed by atoms with Crippen molar-refractivity contribution in [2.24, 2.45) is 0 Å². The van der Waals surface area contributed by atoms with E-state index in [2.05, 4.69) is 0 Å². The quantitative estimate of drug-likeness (QED) is 0.310. The van der Waals surface area contributed by atoms with Gasteiger partial charge in [-0.1, -0.05) is 30.3 Å². The van der Waals surface area contributed by atoms with E-state index < -0.39 is 4.92 Å². The standard InChI is InChI=1S/C15H10N2O3/c18-16-10-12-6-2-1-5-11(12)9-15(16)13-7-3-4-8-14(13)17(19)20/h1-10H. The first-order valence-electron chi connectivity index (χ1n) is 6.02. The zero-order valence-electron chi connectivity index (χ0n) is 10.4. The van der Waals surface area contributed by atoms with Gasteiger partial charge in [0.15, 0.2) is 6.20 Å².